The smallest absolute Gasteiger partial charge is 0.0892 e. The number of aromatic amines is 1. The number of hydrogen-bond acceptors (Lipinski definition) is 4. The summed E-state index contributed by atoms with van der Waals surface area (Å²) in [6.07, 6.45) is 3.63. The number of H-pyrrole nitrogens is 1. The van der Waals surface area contributed by atoms with Crippen molar-refractivity contribution in [2.45, 2.75) is 32.0 Å². The predicted octanol–water partition coefficient (Wildman–Crippen LogP) is 3.80. The van der Waals surface area contributed by atoms with Gasteiger partial charge < -0.3 is 10.6 Å². The van der Waals surface area contributed by atoms with Crippen LogP contribution >= 0.6 is 11.6 Å². The van der Waals surface area contributed by atoms with Gasteiger partial charge in [0.15, 0.2) is 0 Å². The van der Waals surface area contributed by atoms with E-state index in [1.54, 1.807) is 0 Å². The average Bonchev–Trinajstić information content (AvgIpc) is 3.08. The summed E-state index contributed by atoms with van der Waals surface area (Å²) < 4.78 is 0. The predicted molar refractivity (Wildman–Crippen MR) is 105 cm³/mol. The second-order valence-electron chi connectivity index (χ2n) is 6.84. The van der Waals surface area contributed by atoms with Crippen molar-refractivity contribution in [2.24, 2.45) is 0 Å². The van der Waals surface area contributed by atoms with Crippen LogP contribution in [0.1, 0.15) is 25.6 Å². The van der Waals surface area contributed by atoms with Crippen LogP contribution in [0.25, 0.3) is 22.4 Å². The number of nitrogens with zero attached hydrogens (tertiary/aromatic N) is 2. The zero-order valence-corrected chi connectivity index (χ0v) is 15.6. The van der Waals surface area contributed by atoms with Gasteiger partial charge >= 0.3 is 0 Å². The maximum Gasteiger partial charge on any atom is 0.0892 e. The summed E-state index contributed by atoms with van der Waals surface area (Å²) in [6.45, 7) is 5.29. The standard InChI is InChI=1S/C20H22ClN5/c1-12-11-23-18(13(2)24-12)20-17(14-7-9-22-10-8-14)19(25-26-20)15-3-5-16(21)6-4-15/h3-10,12-13,18,23-24H,11H2,1-2H3,(H,25,26). The van der Waals surface area contributed by atoms with Crippen molar-refractivity contribution in [3.63, 3.8) is 0 Å². The van der Waals surface area contributed by atoms with E-state index in [2.05, 4.69) is 34.6 Å². The van der Waals surface area contributed by atoms with Gasteiger partial charge in [0.25, 0.3) is 0 Å². The summed E-state index contributed by atoms with van der Waals surface area (Å²) >= 11 is 6.06. The first-order chi connectivity index (χ1) is 12.6. The molecule has 0 aliphatic carbocycles. The third-order valence-electron chi connectivity index (χ3n) is 4.88. The Balaban J connectivity index is 1.83. The van der Waals surface area contributed by atoms with E-state index in [1.165, 1.54) is 0 Å². The largest absolute Gasteiger partial charge is 0.309 e. The highest BCUT2D eigenvalue weighted by molar-refractivity contribution is 6.30. The van der Waals surface area contributed by atoms with Gasteiger partial charge in [0.2, 0.25) is 0 Å². The maximum absolute atomic E-state index is 6.06. The minimum Gasteiger partial charge on any atom is -0.309 e. The van der Waals surface area contributed by atoms with E-state index >= 15 is 0 Å². The van der Waals surface area contributed by atoms with Crippen LogP contribution in [0.5, 0.6) is 0 Å². The van der Waals surface area contributed by atoms with Crippen molar-refractivity contribution >= 4 is 11.6 Å². The van der Waals surface area contributed by atoms with Crippen LogP contribution in [-0.4, -0.2) is 33.8 Å². The van der Waals surface area contributed by atoms with Crippen LogP contribution in [0.4, 0.5) is 0 Å². The summed E-state index contributed by atoms with van der Waals surface area (Å²) in [5.41, 5.74) is 5.28. The fraction of sp³-hybridized carbons (Fsp3) is 0.300. The van der Waals surface area contributed by atoms with E-state index < -0.39 is 0 Å². The molecular weight excluding hydrogens is 346 g/mol. The quantitative estimate of drug-likeness (QED) is 0.658. The minimum atomic E-state index is 0.131. The summed E-state index contributed by atoms with van der Waals surface area (Å²) in [7, 11) is 0. The molecule has 3 heterocycles. The van der Waals surface area contributed by atoms with Gasteiger partial charge in [0, 0.05) is 47.2 Å². The molecule has 0 bridgehead atoms. The Bertz CT molecular complexity index is 875. The Morgan fingerprint density at radius 3 is 2.42 bits per heavy atom. The van der Waals surface area contributed by atoms with E-state index in [4.69, 9.17) is 16.7 Å². The van der Waals surface area contributed by atoms with Crippen LogP contribution in [0.2, 0.25) is 5.02 Å². The van der Waals surface area contributed by atoms with Crippen molar-refractivity contribution in [1.82, 2.24) is 25.8 Å². The Labute approximate surface area is 158 Å². The molecule has 3 N–H and O–H groups in total. The molecule has 134 valence electrons. The molecule has 0 amide bonds. The molecule has 3 unspecified atom stereocenters. The first-order valence-electron chi connectivity index (χ1n) is 8.87. The van der Waals surface area contributed by atoms with Crippen LogP contribution in [-0.2, 0) is 0 Å². The molecule has 1 aliphatic rings. The Morgan fingerprint density at radius 2 is 1.73 bits per heavy atom. The lowest BCUT2D eigenvalue weighted by Crippen LogP contribution is -2.54. The van der Waals surface area contributed by atoms with Gasteiger partial charge in [-0.25, -0.2) is 0 Å². The van der Waals surface area contributed by atoms with Crippen molar-refractivity contribution in [1.29, 1.82) is 0 Å². The molecular formula is C20H22ClN5. The maximum atomic E-state index is 6.06. The van der Waals surface area contributed by atoms with E-state index in [0.717, 1.165) is 39.6 Å². The first kappa shape index (κ1) is 17.2. The molecule has 1 fully saturated rings. The zero-order chi connectivity index (χ0) is 18.1. The van der Waals surface area contributed by atoms with Gasteiger partial charge in [-0.05, 0) is 43.7 Å². The lowest BCUT2D eigenvalue weighted by molar-refractivity contribution is 0.291. The molecule has 1 aliphatic heterocycles. The lowest BCUT2D eigenvalue weighted by Gasteiger charge is -2.34. The molecule has 1 saturated heterocycles. The van der Waals surface area contributed by atoms with E-state index in [0.29, 0.717) is 6.04 Å². The highest BCUT2D eigenvalue weighted by Crippen LogP contribution is 2.37. The number of piperazine rings is 1. The minimum absolute atomic E-state index is 0.131. The van der Waals surface area contributed by atoms with Gasteiger partial charge in [-0.3, -0.25) is 10.1 Å². The Morgan fingerprint density at radius 1 is 1.00 bits per heavy atom. The molecule has 5 nitrogen and oxygen atoms in total. The molecule has 1 aromatic carbocycles. The third-order valence-corrected chi connectivity index (χ3v) is 5.13. The molecule has 0 spiro atoms. The fourth-order valence-corrected chi connectivity index (χ4v) is 3.76. The van der Waals surface area contributed by atoms with Crippen molar-refractivity contribution in [3.05, 3.63) is 59.5 Å². The van der Waals surface area contributed by atoms with Gasteiger partial charge in [-0.1, -0.05) is 23.7 Å². The topological polar surface area (TPSA) is 65.6 Å². The molecule has 26 heavy (non-hydrogen) atoms. The van der Waals surface area contributed by atoms with Crippen molar-refractivity contribution < 1.29 is 0 Å². The number of nitrogens with one attached hydrogen (secondary N) is 3. The van der Waals surface area contributed by atoms with E-state index in [1.807, 2.05) is 48.8 Å². The van der Waals surface area contributed by atoms with Crippen molar-refractivity contribution in [3.8, 4) is 22.4 Å². The van der Waals surface area contributed by atoms with E-state index in [-0.39, 0.29) is 12.1 Å². The monoisotopic (exact) mass is 367 g/mol. The van der Waals surface area contributed by atoms with Crippen LogP contribution < -0.4 is 10.6 Å². The molecule has 6 heteroatoms. The van der Waals surface area contributed by atoms with Gasteiger partial charge in [-0.2, -0.15) is 5.10 Å². The summed E-state index contributed by atoms with van der Waals surface area (Å²) in [5, 5.41) is 15.9. The third kappa shape index (κ3) is 3.26. The second kappa shape index (κ2) is 7.19. The second-order valence-corrected chi connectivity index (χ2v) is 7.28. The Kier molecular flexibility index (Phi) is 4.76. The number of halogens is 1. The number of pyridine rings is 1. The molecule has 3 atom stereocenters. The number of hydrogen-bond donors (Lipinski definition) is 3. The molecule has 3 aromatic rings. The highest BCUT2D eigenvalue weighted by atomic mass is 35.5. The Hall–Kier alpha value is -2.21. The molecule has 0 radical (unpaired) electrons. The van der Waals surface area contributed by atoms with Crippen LogP contribution in [0.15, 0.2) is 48.8 Å². The van der Waals surface area contributed by atoms with Gasteiger partial charge in [-0.15, -0.1) is 0 Å². The summed E-state index contributed by atoms with van der Waals surface area (Å²) in [4.78, 5) is 4.16. The van der Waals surface area contributed by atoms with Gasteiger partial charge in [0.1, 0.15) is 0 Å². The molecule has 4 rings (SSSR count). The first-order valence-corrected chi connectivity index (χ1v) is 9.25. The van der Waals surface area contributed by atoms with Gasteiger partial charge in [0.05, 0.1) is 17.4 Å². The summed E-state index contributed by atoms with van der Waals surface area (Å²) in [5.74, 6) is 0. The molecule has 0 saturated carbocycles. The van der Waals surface area contributed by atoms with Crippen molar-refractivity contribution in [2.75, 3.05) is 6.54 Å². The normalized spacial score (nSPS) is 23.1. The summed E-state index contributed by atoms with van der Waals surface area (Å²) in [6, 6.07) is 12.7. The highest BCUT2D eigenvalue weighted by Gasteiger charge is 2.31. The van der Waals surface area contributed by atoms with Crippen LogP contribution in [0, 0.1) is 0 Å². The van der Waals surface area contributed by atoms with Crippen LogP contribution in [0.3, 0.4) is 0 Å². The lowest BCUT2D eigenvalue weighted by atomic mass is 9.93. The number of rotatable bonds is 3. The number of aromatic nitrogens is 3. The number of benzene rings is 1. The van der Waals surface area contributed by atoms with E-state index in [9.17, 15) is 0 Å². The average molecular weight is 368 g/mol. The molecule has 2 aromatic heterocycles. The fourth-order valence-electron chi connectivity index (χ4n) is 3.64. The zero-order valence-electron chi connectivity index (χ0n) is 14.8. The SMILES string of the molecule is CC1CNC(c2n[nH]c(-c3ccc(Cl)cc3)c2-c2ccncc2)C(C)N1.